The summed E-state index contributed by atoms with van der Waals surface area (Å²) in [7, 11) is 4.61. The summed E-state index contributed by atoms with van der Waals surface area (Å²) in [6.07, 6.45) is 0. The van der Waals surface area contributed by atoms with Crippen molar-refractivity contribution in [2.75, 3.05) is 27.8 Å². The van der Waals surface area contributed by atoms with Crippen LogP contribution in [0.4, 0.5) is 0 Å². The number of methoxy groups -OCH3 is 2. The number of rotatable bonds is 7. The van der Waals surface area contributed by atoms with Crippen LogP contribution in [0.25, 0.3) is 0 Å². The van der Waals surface area contributed by atoms with Crippen LogP contribution in [0.1, 0.15) is 34.3 Å². The van der Waals surface area contributed by atoms with Gasteiger partial charge in [0.2, 0.25) is 0 Å². The molecule has 0 aliphatic carbocycles. The topological polar surface area (TPSA) is 72.0 Å². The third-order valence-electron chi connectivity index (χ3n) is 4.30. The number of carbonyl (C=O) groups excluding carboxylic acids is 1. The van der Waals surface area contributed by atoms with Crippen molar-refractivity contribution in [1.82, 2.24) is 10.6 Å². The molecule has 0 amide bonds. The van der Waals surface area contributed by atoms with E-state index in [1.165, 1.54) is 19.8 Å². The van der Waals surface area contributed by atoms with E-state index in [9.17, 15) is 4.79 Å². The fraction of sp³-hybridized carbons (Fsp3) is 0.333. The molecule has 1 atom stereocenters. The van der Waals surface area contributed by atoms with Crippen LogP contribution in [0, 0.1) is 0 Å². The van der Waals surface area contributed by atoms with Gasteiger partial charge in [0, 0.05) is 20.1 Å². The molecule has 0 radical (unpaired) electrons. The summed E-state index contributed by atoms with van der Waals surface area (Å²) in [6.45, 7) is 3.45. The number of carbonyl (C=O) groups is 1. The lowest BCUT2D eigenvalue weighted by Crippen LogP contribution is -2.38. The Hall–Kier alpha value is -3.02. The second-order valence-electron chi connectivity index (χ2n) is 6.14. The van der Waals surface area contributed by atoms with E-state index >= 15 is 0 Å². The van der Waals surface area contributed by atoms with Gasteiger partial charge >= 0.3 is 5.97 Å². The maximum Gasteiger partial charge on any atom is 0.341 e. The molecule has 0 saturated carbocycles. The third-order valence-corrected chi connectivity index (χ3v) is 4.30. The summed E-state index contributed by atoms with van der Waals surface area (Å²) >= 11 is 0. The molecule has 0 fully saturated rings. The van der Waals surface area contributed by atoms with E-state index in [1.54, 1.807) is 19.2 Å². The maximum atomic E-state index is 11.9. The molecule has 6 heteroatoms. The number of nitrogens with zero attached hydrogens (tertiary/aromatic N) is 1. The summed E-state index contributed by atoms with van der Waals surface area (Å²) in [6, 6.07) is 15.8. The SMILES string of the molecule is CN=C(NCc1ccc(OC)c(C(=O)OC)c1)NCC(C)c1ccccc1. The molecule has 2 rings (SSSR count). The Balaban J connectivity index is 1.95. The quantitative estimate of drug-likeness (QED) is 0.446. The van der Waals surface area contributed by atoms with Gasteiger partial charge in [0.15, 0.2) is 5.96 Å². The fourth-order valence-electron chi connectivity index (χ4n) is 2.69. The molecule has 2 N–H and O–H groups in total. The van der Waals surface area contributed by atoms with Gasteiger partial charge in [0.25, 0.3) is 0 Å². The average Bonchev–Trinajstić information content (AvgIpc) is 2.73. The largest absolute Gasteiger partial charge is 0.496 e. The Morgan fingerprint density at radius 2 is 1.85 bits per heavy atom. The van der Waals surface area contributed by atoms with Gasteiger partial charge in [-0.1, -0.05) is 43.3 Å². The maximum absolute atomic E-state index is 11.9. The van der Waals surface area contributed by atoms with Crippen LogP contribution in [0.2, 0.25) is 0 Å². The zero-order valence-electron chi connectivity index (χ0n) is 16.3. The van der Waals surface area contributed by atoms with Crippen molar-refractivity contribution in [2.45, 2.75) is 19.4 Å². The average molecular weight is 369 g/mol. The molecule has 0 spiro atoms. The number of aliphatic imine (C=N–C) groups is 1. The van der Waals surface area contributed by atoms with E-state index in [1.807, 2.05) is 24.3 Å². The highest BCUT2D eigenvalue weighted by Crippen LogP contribution is 2.20. The molecule has 0 aliphatic rings. The highest BCUT2D eigenvalue weighted by Gasteiger charge is 2.13. The lowest BCUT2D eigenvalue weighted by Gasteiger charge is -2.17. The van der Waals surface area contributed by atoms with Crippen LogP contribution in [-0.2, 0) is 11.3 Å². The summed E-state index contributed by atoms with van der Waals surface area (Å²) in [5, 5.41) is 6.59. The van der Waals surface area contributed by atoms with Gasteiger partial charge in [-0.2, -0.15) is 0 Å². The Morgan fingerprint density at radius 3 is 2.48 bits per heavy atom. The smallest absolute Gasteiger partial charge is 0.341 e. The Bertz CT molecular complexity index is 775. The van der Waals surface area contributed by atoms with Gasteiger partial charge in [0.1, 0.15) is 11.3 Å². The molecule has 2 aromatic rings. The van der Waals surface area contributed by atoms with Crippen molar-refractivity contribution in [1.29, 1.82) is 0 Å². The second-order valence-corrected chi connectivity index (χ2v) is 6.14. The van der Waals surface area contributed by atoms with Crippen molar-refractivity contribution in [3.63, 3.8) is 0 Å². The normalized spacial score (nSPS) is 12.2. The highest BCUT2D eigenvalue weighted by molar-refractivity contribution is 5.92. The minimum absolute atomic E-state index is 0.358. The number of guanidine groups is 1. The first-order valence-electron chi connectivity index (χ1n) is 8.83. The highest BCUT2D eigenvalue weighted by atomic mass is 16.5. The monoisotopic (exact) mass is 369 g/mol. The van der Waals surface area contributed by atoms with Crippen LogP contribution in [-0.4, -0.2) is 39.7 Å². The minimum atomic E-state index is -0.423. The van der Waals surface area contributed by atoms with Gasteiger partial charge < -0.3 is 20.1 Å². The minimum Gasteiger partial charge on any atom is -0.496 e. The van der Waals surface area contributed by atoms with Crippen molar-refractivity contribution in [2.24, 2.45) is 4.99 Å². The molecule has 6 nitrogen and oxygen atoms in total. The van der Waals surface area contributed by atoms with Crippen LogP contribution < -0.4 is 15.4 Å². The van der Waals surface area contributed by atoms with E-state index < -0.39 is 5.97 Å². The molecular formula is C21H27N3O3. The van der Waals surface area contributed by atoms with E-state index in [0.29, 0.717) is 29.7 Å². The standard InChI is InChI=1S/C21H27N3O3/c1-15(17-8-6-5-7-9-17)13-23-21(22-2)24-14-16-10-11-19(26-3)18(12-16)20(25)27-4/h5-12,15H,13-14H2,1-4H3,(H2,22,23,24). The predicted octanol–water partition coefficient (Wildman–Crippen LogP) is 2.95. The molecular weight excluding hydrogens is 342 g/mol. The molecule has 0 saturated heterocycles. The zero-order valence-corrected chi connectivity index (χ0v) is 16.3. The van der Waals surface area contributed by atoms with Crippen LogP contribution >= 0.6 is 0 Å². The summed E-state index contributed by atoms with van der Waals surface area (Å²) in [4.78, 5) is 16.1. The Morgan fingerprint density at radius 1 is 1.11 bits per heavy atom. The molecule has 144 valence electrons. The molecule has 0 heterocycles. The van der Waals surface area contributed by atoms with Gasteiger partial charge in [-0.05, 0) is 29.2 Å². The number of hydrogen-bond donors (Lipinski definition) is 2. The lowest BCUT2D eigenvalue weighted by atomic mass is 10.0. The van der Waals surface area contributed by atoms with Crippen molar-refractivity contribution in [3.05, 3.63) is 65.2 Å². The van der Waals surface area contributed by atoms with Gasteiger partial charge in [0.05, 0.1) is 14.2 Å². The summed E-state index contributed by atoms with van der Waals surface area (Å²) in [5.41, 5.74) is 2.61. The number of ether oxygens (including phenoxy) is 2. The molecule has 1 unspecified atom stereocenters. The number of esters is 1. The number of hydrogen-bond acceptors (Lipinski definition) is 4. The first kappa shape index (κ1) is 20.3. The molecule has 0 aliphatic heterocycles. The van der Waals surface area contributed by atoms with Gasteiger partial charge in [-0.3, -0.25) is 4.99 Å². The van der Waals surface area contributed by atoms with E-state index in [0.717, 1.165) is 12.1 Å². The lowest BCUT2D eigenvalue weighted by molar-refractivity contribution is 0.0597. The zero-order chi connectivity index (χ0) is 19.6. The molecule has 0 aromatic heterocycles. The predicted molar refractivity (Wildman–Crippen MR) is 107 cm³/mol. The fourth-order valence-corrected chi connectivity index (χ4v) is 2.69. The third kappa shape index (κ3) is 5.74. The first-order chi connectivity index (χ1) is 13.1. The Labute approximate surface area is 160 Å². The summed E-state index contributed by atoms with van der Waals surface area (Å²) in [5.74, 6) is 1.13. The first-order valence-corrected chi connectivity index (χ1v) is 8.83. The van der Waals surface area contributed by atoms with E-state index in [4.69, 9.17) is 9.47 Å². The van der Waals surface area contributed by atoms with E-state index in [2.05, 4.69) is 34.7 Å². The summed E-state index contributed by atoms with van der Waals surface area (Å²) < 4.78 is 10.0. The van der Waals surface area contributed by atoms with Crippen LogP contribution in [0.15, 0.2) is 53.5 Å². The Kier molecular flexibility index (Phi) is 7.67. The van der Waals surface area contributed by atoms with Gasteiger partial charge in [-0.25, -0.2) is 4.79 Å². The molecule has 0 bridgehead atoms. The number of nitrogens with one attached hydrogen (secondary N) is 2. The number of benzene rings is 2. The van der Waals surface area contributed by atoms with Gasteiger partial charge in [-0.15, -0.1) is 0 Å². The van der Waals surface area contributed by atoms with Crippen molar-refractivity contribution in [3.8, 4) is 5.75 Å². The molecule has 2 aromatic carbocycles. The van der Waals surface area contributed by atoms with Crippen LogP contribution in [0.5, 0.6) is 5.75 Å². The van der Waals surface area contributed by atoms with E-state index in [-0.39, 0.29) is 0 Å². The van der Waals surface area contributed by atoms with Crippen molar-refractivity contribution < 1.29 is 14.3 Å². The second kappa shape index (κ2) is 10.2. The molecule has 27 heavy (non-hydrogen) atoms. The van der Waals surface area contributed by atoms with Crippen LogP contribution in [0.3, 0.4) is 0 Å². The van der Waals surface area contributed by atoms with Crippen molar-refractivity contribution >= 4 is 11.9 Å².